The van der Waals surface area contributed by atoms with Crippen molar-refractivity contribution < 1.29 is 8.91 Å². The molecule has 0 unspecified atom stereocenters. The van der Waals surface area contributed by atoms with Gasteiger partial charge in [0.25, 0.3) is 0 Å². The van der Waals surface area contributed by atoms with Gasteiger partial charge in [-0.05, 0) is 18.2 Å². The first kappa shape index (κ1) is 10.1. The molecule has 1 aromatic carbocycles. The maximum absolute atomic E-state index is 13.0. The van der Waals surface area contributed by atoms with Crippen LogP contribution in [-0.4, -0.2) is 5.16 Å². The highest BCUT2D eigenvalue weighted by Gasteiger charge is 2.12. The number of hydrogen-bond acceptors (Lipinski definition) is 3. The van der Waals surface area contributed by atoms with Crippen LogP contribution in [0, 0.1) is 5.82 Å². The average Bonchev–Trinajstić information content (AvgIpc) is 2.69. The Morgan fingerprint density at radius 1 is 1.47 bits per heavy atom. The lowest BCUT2D eigenvalue weighted by Crippen LogP contribution is -1.97. The fourth-order valence-electron chi connectivity index (χ4n) is 1.30. The molecule has 3 nitrogen and oxygen atoms in total. The minimum absolute atomic E-state index is 0.270. The predicted octanol–water partition coefficient (Wildman–Crippen LogP) is 2.59. The number of nitrogens with zero attached hydrogens (tertiary/aromatic N) is 1. The fraction of sp³-hybridized carbons (Fsp3) is 0.100. The molecule has 0 aliphatic rings. The Kier molecular flexibility index (Phi) is 2.70. The van der Waals surface area contributed by atoms with E-state index in [9.17, 15) is 4.39 Å². The third-order valence-corrected chi connectivity index (χ3v) is 2.38. The summed E-state index contributed by atoms with van der Waals surface area (Å²) in [7, 11) is 0. The molecule has 2 aromatic rings. The van der Waals surface area contributed by atoms with Crippen LogP contribution < -0.4 is 5.73 Å². The highest BCUT2D eigenvalue weighted by Crippen LogP contribution is 2.29. The lowest BCUT2D eigenvalue weighted by Gasteiger charge is -2.01. The van der Waals surface area contributed by atoms with Crippen LogP contribution in [0.5, 0.6) is 0 Å². The zero-order valence-corrected chi connectivity index (χ0v) is 8.46. The number of halogens is 2. The molecule has 2 N–H and O–H groups in total. The normalized spacial score (nSPS) is 10.6. The third-order valence-electron chi connectivity index (χ3n) is 2.05. The number of rotatable bonds is 2. The standard InChI is InChI=1S/C10H8ClFN2O/c11-9-2-1-7(12)3-8(9)10-6(4-13)5-15-14-10/h1-3,5H,4,13H2. The van der Waals surface area contributed by atoms with Crippen molar-refractivity contribution in [2.24, 2.45) is 5.73 Å². The van der Waals surface area contributed by atoms with Gasteiger partial charge in [0.05, 0.1) is 5.02 Å². The van der Waals surface area contributed by atoms with Gasteiger partial charge in [-0.15, -0.1) is 0 Å². The van der Waals surface area contributed by atoms with Gasteiger partial charge in [-0.3, -0.25) is 0 Å². The van der Waals surface area contributed by atoms with Crippen molar-refractivity contribution in [3.8, 4) is 11.3 Å². The van der Waals surface area contributed by atoms with Crippen molar-refractivity contribution in [3.63, 3.8) is 0 Å². The molecule has 0 radical (unpaired) electrons. The molecule has 15 heavy (non-hydrogen) atoms. The minimum atomic E-state index is -0.375. The van der Waals surface area contributed by atoms with E-state index < -0.39 is 0 Å². The largest absolute Gasteiger partial charge is 0.364 e. The van der Waals surface area contributed by atoms with E-state index in [4.69, 9.17) is 21.9 Å². The lowest BCUT2D eigenvalue weighted by molar-refractivity contribution is 0.421. The molecule has 1 heterocycles. The molecule has 2 rings (SSSR count). The monoisotopic (exact) mass is 226 g/mol. The Morgan fingerprint density at radius 3 is 3.00 bits per heavy atom. The topological polar surface area (TPSA) is 52.0 Å². The molecule has 0 saturated carbocycles. The summed E-state index contributed by atoms with van der Waals surface area (Å²) in [5, 5.41) is 4.17. The van der Waals surface area contributed by atoms with E-state index in [-0.39, 0.29) is 12.4 Å². The smallest absolute Gasteiger partial charge is 0.128 e. The van der Waals surface area contributed by atoms with Crippen LogP contribution in [0.2, 0.25) is 5.02 Å². The maximum atomic E-state index is 13.0. The summed E-state index contributed by atoms with van der Waals surface area (Å²) >= 11 is 5.93. The summed E-state index contributed by atoms with van der Waals surface area (Å²) in [6.07, 6.45) is 1.43. The van der Waals surface area contributed by atoms with Gasteiger partial charge in [0.2, 0.25) is 0 Å². The van der Waals surface area contributed by atoms with E-state index in [1.807, 2.05) is 0 Å². The molecule has 1 aromatic heterocycles. The minimum Gasteiger partial charge on any atom is -0.364 e. The lowest BCUT2D eigenvalue weighted by atomic mass is 10.1. The molecule has 0 saturated heterocycles. The van der Waals surface area contributed by atoms with Crippen LogP contribution in [0.1, 0.15) is 5.56 Å². The van der Waals surface area contributed by atoms with Crippen LogP contribution >= 0.6 is 11.6 Å². The van der Waals surface area contributed by atoms with Crippen molar-refractivity contribution in [3.05, 3.63) is 40.9 Å². The van der Waals surface area contributed by atoms with E-state index in [1.165, 1.54) is 24.5 Å². The highest BCUT2D eigenvalue weighted by atomic mass is 35.5. The van der Waals surface area contributed by atoms with Crippen LogP contribution in [0.15, 0.2) is 29.0 Å². The quantitative estimate of drug-likeness (QED) is 0.856. The van der Waals surface area contributed by atoms with Crippen LogP contribution in [0.3, 0.4) is 0 Å². The first-order chi connectivity index (χ1) is 7.22. The zero-order chi connectivity index (χ0) is 10.8. The summed E-state index contributed by atoms with van der Waals surface area (Å²) in [5.41, 5.74) is 7.16. The maximum Gasteiger partial charge on any atom is 0.128 e. The van der Waals surface area contributed by atoms with Crippen molar-refractivity contribution in [1.82, 2.24) is 5.16 Å². The average molecular weight is 227 g/mol. The van der Waals surface area contributed by atoms with E-state index in [2.05, 4.69) is 5.16 Å². The van der Waals surface area contributed by atoms with E-state index in [1.54, 1.807) is 0 Å². The van der Waals surface area contributed by atoms with Crippen LogP contribution in [0.25, 0.3) is 11.3 Å². The van der Waals surface area contributed by atoms with Crippen molar-refractivity contribution in [1.29, 1.82) is 0 Å². The Balaban J connectivity index is 2.58. The summed E-state index contributed by atoms with van der Waals surface area (Å²) in [6, 6.07) is 4.06. The molecule has 0 bridgehead atoms. The summed E-state index contributed by atoms with van der Waals surface area (Å²) in [4.78, 5) is 0. The Morgan fingerprint density at radius 2 is 2.27 bits per heavy atom. The van der Waals surface area contributed by atoms with Gasteiger partial charge in [-0.1, -0.05) is 16.8 Å². The summed E-state index contributed by atoms with van der Waals surface area (Å²) < 4.78 is 17.8. The van der Waals surface area contributed by atoms with Gasteiger partial charge in [0, 0.05) is 17.7 Å². The molecular formula is C10H8ClFN2O. The molecular weight excluding hydrogens is 219 g/mol. The van der Waals surface area contributed by atoms with Crippen LogP contribution in [-0.2, 0) is 6.54 Å². The molecule has 78 valence electrons. The number of hydrogen-bond donors (Lipinski definition) is 1. The number of benzene rings is 1. The van der Waals surface area contributed by atoms with Gasteiger partial charge in [0.1, 0.15) is 17.8 Å². The van der Waals surface area contributed by atoms with E-state index >= 15 is 0 Å². The third kappa shape index (κ3) is 1.86. The number of aromatic nitrogens is 1. The molecule has 5 heteroatoms. The van der Waals surface area contributed by atoms with E-state index in [0.29, 0.717) is 21.8 Å². The van der Waals surface area contributed by atoms with Crippen molar-refractivity contribution >= 4 is 11.6 Å². The Hall–Kier alpha value is -1.39. The van der Waals surface area contributed by atoms with Gasteiger partial charge in [-0.25, -0.2) is 4.39 Å². The van der Waals surface area contributed by atoms with Gasteiger partial charge >= 0.3 is 0 Å². The molecule has 0 spiro atoms. The molecule has 0 aliphatic carbocycles. The predicted molar refractivity (Wildman–Crippen MR) is 54.8 cm³/mol. The zero-order valence-electron chi connectivity index (χ0n) is 7.71. The van der Waals surface area contributed by atoms with Gasteiger partial charge < -0.3 is 10.3 Å². The Bertz CT molecular complexity index is 484. The first-order valence-corrected chi connectivity index (χ1v) is 4.69. The Labute approximate surface area is 90.6 Å². The summed E-state index contributed by atoms with van der Waals surface area (Å²) in [6.45, 7) is 0.270. The van der Waals surface area contributed by atoms with E-state index in [0.717, 1.165) is 0 Å². The molecule has 0 amide bonds. The second kappa shape index (κ2) is 4.00. The highest BCUT2D eigenvalue weighted by molar-refractivity contribution is 6.33. The van der Waals surface area contributed by atoms with Crippen molar-refractivity contribution in [2.45, 2.75) is 6.54 Å². The molecule has 0 atom stereocenters. The summed E-state index contributed by atoms with van der Waals surface area (Å²) in [5.74, 6) is -0.375. The molecule has 0 aliphatic heterocycles. The fourth-order valence-corrected chi connectivity index (χ4v) is 1.51. The van der Waals surface area contributed by atoms with Crippen molar-refractivity contribution in [2.75, 3.05) is 0 Å². The number of nitrogens with two attached hydrogens (primary N) is 1. The van der Waals surface area contributed by atoms with Crippen LogP contribution in [0.4, 0.5) is 4.39 Å². The second-order valence-electron chi connectivity index (χ2n) is 3.02. The molecule has 0 fully saturated rings. The van der Waals surface area contributed by atoms with Gasteiger partial charge in [0.15, 0.2) is 0 Å². The first-order valence-electron chi connectivity index (χ1n) is 4.31. The van der Waals surface area contributed by atoms with Gasteiger partial charge in [-0.2, -0.15) is 0 Å². The second-order valence-corrected chi connectivity index (χ2v) is 3.42. The SMILES string of the molecule is NCc1conc1-c1cc(F)ccc1Cl.